The summed E-state index contributed by atoms with van der Waals surface area (Å²) in [7, 11) is 0. The Kier molecular flexibility index (Phi) is 7.57. The van der Waals surface area contributed by atoms with Gasteiger partial charge in [0.05, 0.1) is 13.1 Å². The fourth-order valence-corrected chi connectivity index (χ4v) is 1.69. The Hall–Kier alpha value is -2.16. The zero-order chi connectivity index (χ0) is 20.1. The van der Waals surface area contributed by atoms with Crippen LogP contribution in [0.5, 0.6) is 0 Å². The summed E-state index contributed by atoms with van der Waals surface area (Å²) >= 11 is 0. The van der Waals surface area contributed by atoms with E-state index in [9.17, 15) is 19.2 Å². The van der Waals surface area contributed by atoms with Gasteiger partial charge in [0.15, 0.2) is 0 Å². The summed E-state index contributed by atoms with van der Waals surface area (Å²) in [6, 6.07) is 0. The summed E-state index contributed by atoms with van der Waals surface area (Å²) in [5, 5.41) is 7.35. The first kappa shape index (κ1) is 22.8. The van der Waals surface area contributed by atoms with Crippen molar-refractivity contribution in [3.63, 3.8) is 0 Å². The van der Waals surface area contributed by atoms with Crippen LogP contribution in [0.4, 0.5) is 0 Å². The number of hydrogen-bond acceptors (Lipinski definition) is 6. The lowest BCUT2D eigenvalue weighted by atomic mass is 10.0. The molecule has 0 spiro atoms. The zero-order valence-corrected chi connectivity index (χ0v) is 16.0. The summed E-state index contributed by atoms with van der Waals surface area (Å²) in [6.07, 6.45) is 0. The topological polar surface area (TPSA) is 140 Å². The third kappa shape index (κ3) is 8.48. The molecular weight excluding hydrogens is 328 g/mol. The van der Waals surface area contributed by atoms with E-state index in [2.05, 4.69) is 16.0 Å². The van der Waals surface area contributed by atoms with Crippen LogP contribution in [0.1, 0.15) is 48.5 Å². The van der Waals surface area contributed by atoms with Crippen molar-refractivity contribution in [3.8, 4) is 0 Å². The van der Waals surface area contributed by atoms with E-state index >= 15 is 0 Å². The van der Waals surface area contributed by atoms with Gasteiger partial charge >= 0.3 is 5.97 Å². The van der Waals surface area contributed by atoms with Gasteiger partial charge in [0.25, 0.3) is 0 Å². The number of carbonyl (C=O) groups is 4. The highest BCUT2D eigenvalue weighted by Gasteiger charge is 2.34. The van der Waals surface area contributed by atoms with Gasteiger partial charge < -0.3 is 26.4 Å². The number of carbonyl (C=O) groups excluding carboxylic acids is 4. The quantitative estimate of drug-likeness (QED) is 0.439. The first-order chi connectivity index (χ1) is 11.1. The Bertz CT molecular complexity index is 535. The normalized spacial score (nSPS) is 12.2. The number of ether oxygens (including phenoxy) is 1. The molecule has 0 aromatic rings. The second-order valence-corrected chi connectivity index (χ2v) is 7.74. The van der Waals surface area contributed by atoms with E-state index in [1.807, 2.05) is 0 Å². The second kappa shape index (κ2) is 8.28. The van der Waals surface area contributed by atoms with Crippen LogP contribution in [0.3, 0.4) is 0 Å². The molecule has 9 nitrogen and oxygen atoms in total. The average molecular weight is 358 g/mol. The minimum absolute atomic E-state index is 0.249. The Balaban J connectivity index is 4.63. The van der Waals surface area contributed by atoms with Crippen molar-refractivity contribution >= 4 is 23.7 Å². The van der Waals surface area contributed by atoms with E-state index in [4.69, 9.17) is 10.5 Å². The summed E-state index contributed by atoms with van der Waals surface area (Å²) in [6.45, 7) is 10.5. The molecule has 0 aliphatic carbocycles. The molecule has 9 heteroatoms. The van der Waals surface area contributed by atoms with Crippen LogP contribution in [0.25, 0.3) is 0 Å². The first-order valence-electron chi connectivity index (χ1n) is 7.94. The van der Waals surface area contributed by atoms with Gasteiger partial charge in [-0.3, -0.25) is 14.4 Å². The highest BCUT2D eigenvalue weighted by molar-refractivity contribution is 5.94. The zero-order valence-electron chi connectivity index (χ0n) is 16.0. The fourth-order valence-electron chi connectivity index (χ4n) is 1.69. The van der Waals surface area contributed by atoms with Crippen molar-refractivity contribution in [2.24, 2.45) is 5.73 Å². The molecule has 0 aromatic heterocycles. The molecule has 0 rings (SSSR count). The van der Waals surface area contributed by atoms with Crippen LogP contribution in [0.15, 0.2) is 0 Å². The van der Waals surface area contributed by atoms with Gasteiger partial charge in [-0.25, -0.2) is 4.79 Å². The van der Waals surface area contributed by atoms with Gasteiger partial charge in [-0.05, 0) is 48.5 Å². The molecule has 0 bridgehead atoms. The molecule has 0 saturated carbocycles. The monoisotopic (exact) mass is 358 g/mol. The van der Waals surface area contributed by atoms with Crippen molar-refractivity contribution in [1.82, 2.24) is 16.0 Å². The van der Waals surface area contributed by atoms with Gasteiger partial charge in [0, 0.05) is 0 Å². The van der Waals surface area contributed by atoms with E-state index in [0.29, 0.717) is 0 Å². The molecular formula is C16H30N4O5. The highest BCUT2D eigenvalue weighted by atomic mass is 16.6. The first-order valence-corrected chi connectivity index (χ1v) is 7.94. The Morgan fingerprint density at radius 2 is 1.32 bits per heavy atom. The maximum atomic E-state index is 12.1. The molecule has 3 amide bonds. The standard InChI is InChI=1S/C16H30N4O5/c1-14(2,3)25-13(24)16(6,7)20-11(22)9-18-12(23)15(4,5)19-10(21)8-17/h8-9,17H2,1-7H3,(H,18,23)(H,19,21)(H,20,22). The molecule has 5 N–H and O–H groups in total. The van der Waals surface area contributed by atoms with Gasteiger partial charge in [0.2, 0.25) is 17.7 Å². The van der Waals surface area contributed by atoms with Crippen molar-refractivity contribution < 1.29 is 23.9 Å². The third-order valence-electron chi connectivity index (χ3n) is 2.98. The van der Waals surface area contributed by atoms with Crippen LogP contribution in [-0.2, 0) is 23.9 Å². The molecule has 25 heavy (non-hydrogen) atoms. The van der Waals surface area contributed by atoms with E-state index in [0.717, 1.165) is 0 Å². The number of esters is 1. The third-order valence-corrected chi connectivity index (χ3v) is 2.98. The molecule has 0 fully saturated rings. The lowest BCUT2D eigenvalue weighted by Gasteiger charge is -2.29. The van der Waals surface area contributed by atoms with Crippen LogP contribution >= 0.6 is 0 Å². The predicted molar refractivity (Wildman–Crippen MR) is 92.4 cm³/mol. The summed E-state index contributed by atoms with van der Waals surface area (Å²) in [4.78, 5) is 47.5. The van der Waals surface area contributed by atoms with Crippen molar-refractivity contribution in [1.29, 1.82) is 0 Å². The molecule has 0 radical (unpaired) electrons. The van der Waals surface area contributed by atoms with Crippen LogP contribution in [0, 0.1) is 0 Å². The Labute approximate surface area is 148 Å². The number of hydrogen-bond donors (Lipinski definition) is 4. The van der Waals surface area contributed by atoms with E-state index in [-0.39, 0.29) is 13.1 Å². The maximum Gasteiger partial charge on any atom is 0.331 e. The number of nitrogens with two attached hydrogens (primary N) is 1. The van der Waals surface area contributed by atoms with E-state index in [1.165, 1.54) is 27.7 Å². The largest absolute Gasteiger partial charge is 0.458 e. The Morgan fingerprint density at radius 1 is 0.840 bits per heavy atom. The van der Waals surface area contributed by atoms with Crippen LogP contribution in [-0.4, -0.2) is 53.5 Å². The molecule has 0 aromatic carbocycles. The lowest BCUT2D eigenvalue weighted by molar-refractivity contribution is -0.163. The van der Waals surface area contributed by atoms with Crippen molar-refractivity contribution in [3.05, 3.63) is 0 Å². The number of amides is 3. The van der Waals surface area contributed by atoms with Gasteiger partial charge in [-0.15, -0.1) is 0 Å². The molecule has 0 aliphatic rings. The fraction of sp³-hybridized carbons (Fsp3) is 0.750. The van der Waals surface area contributed by atoms with Crippen molar-refractivity contribution in [2.45, 2.75) is 65.1 Å². The predicted octanol–water partition coefficient (Wildman–Crippen LogP) is -0.807. The summed E-state index contributed by atoms with van der Waals surface area (Å²) in [5.41, 5.74) is 2.03. The van der Waals surface area contributed by atoms with Crippen molar-refractivity contribution in [2.75, 3.05) is 13.1 Å². The molecule has 0 atom stereocenters. The van der Waals surface area contributed by atoms with E-state index < -0.39 is 40.4 Å². The van der Waals surface area contributed by atoms with Crippen LogP contribution < -0.4 is 21.7 Å². The number of nitrogens with one attached hydrogen (secondary N) is 3. The van der Waals surface area contributed by atoms with Crippen LogP contribution in [0.2, 0.25) is 0 Å². The SMILES string of the molecule is CC(C)(C)OC(=O)C(C)(C)NC(=O)CNC(=O)C(C)(C)NC(=O)CN. The molecule has 144 valence electrons. The molecule has 0 unspecified atom stereocenters. The molecule has 0 heterocycles. The molecule has 0 aliphatic heterocycles. The lowest BCUT2D eigenvalue weighted by Crippen LogP contribution is -2.58. The molecule has 0 saturated heterocycles. The van der Waals surface area contributed by atoms with Gasteiger partial charge in [-0.2, -0.15) is 0 Å². The average Bonchev–Trinajstić information content (AvgIpc) is 2.41. The summed E-state index contributed by atoms with van der Waals surface area (Å²) < 4.78 is 5.24. The minimum Gasteiger partial charge on any atom is -0.458 e. The van der Waals surface area contributed by atoms with E-state index in [1.54, 1.807) is 20.8 Å². The smallest absolute Gasteiger partial charge is 0.331 e. The number of rotatable bonds is 7. The van der Waals surface area contributed by atoms with Gasteiger partial charge in [0.1, 0.15) is 16.7 Å². The maximum absolute atomic E-state index is 12.1. The Morgan fingerprint density at radius 3 is 1.76 bits per heavy atom. The minimum atomic E-state index is -1.25. The summed E-state index contributed by atoms with van der Waals surface area (Å²) in [5.74, 6) is -2.20. The van der Waals surface area contributed by atoms with Gasteiger partial charge in [-0.1, -0.05) is 0 Å². The highest BCUT2D eigenvalue weighted by Crippen LogP contribution is 2.13. The second-order valence-electron chi connectivity index (χ2n) is 7.74.